The van der Waals surface area contributed by atoms with Crippen LogP contribution >= 0.6 is 11.6 Å². The lowest BCUT2D eigenvalue weighted by Crippen LogP contribution is -2.41. The zero-order valence-electron chi connectivity index (χ0n) is 13.1. The first-order chi connectivity index (χ1) is 10.6. The van der Waals surface area contributed by atoms with Crippen molar-refractivity contribution in [3.8, 4) is 5.75 Å². The molecule has 120 valence electrons. The van der Waals surface area contributed by atoms with Crippen molar-refractivity contribution in [2.24, 2.45) is 11.8 Å². The molecule has 5 heteroatoms. The van der Waals surface area contributed by atoms with Crippen LogP contribution in [0.2, 0.25) is 5.02 Å². The standard InChI is InChI=1S/C17H23ClN2O2/c1-10-7-14(15(22-2)8-13(10)18)19-9-16(21)20-17(11-3-4-11)12-5-6-12/h7-8,11-12,17,19H,3-6,9H2,1-2H3,(H,20,21). The molecule has 1 aromatic rings. The molecular weight excluding hydrogens is 300 g/mol. The molecule has 0 saturated heterocycles. The molecule has 2 aliphatic carbocycles. The van der Waals surface area contributed by atoms with Gasteiger partial charge in [-0.25, -0.2) is 0 Å². The zero-order chi connectivity index (χ0) is 15.7. The van der Waals surface area contributed by atoms with E-state index in [4.69, 9.17) is 16.3 Å². The van der Waals surface area contributed by atoms with E-state index in [-0.39, 0.29) is 12.5 Å². The number of nitrogens with one attached hydrogen (secondary N) is 2. The molecule has 0 spiro atoms. The van der Waals surface area contributed by atoms with E-state index >= 15 is 0 Å². The van der Waals surface area contributed by atoms with Gasteiger partial charge in [0.2, 0.25) is 5.91 Å². The largest absolute Gasteiger partial charge is 0.495 e. The average molecular weight is 323 g/mol. The van der Waals surface area contributed by atoms with Gasteiger partial charge in [0.15, 0.2) is 0 Å². The summed E-state index contributed by atoms with van der Waals surface area (Å²) in [6.07, 6.45) is 5.05. The van der Waals surface area contributed by atoms with Crippen molar-refractivity contribution >= 4 is 23.2 Å². The number of anilines is 1. The van der Waals surface area contributed by atoms with E-state index in [0.717, 1.165) is 11.3 Å². The lowest BCUT2D eigenvalue weighted by molar-refractivity contribution is -0.120. The van der Waals surface area contributed by atoms with Gasteiger partial charge in [-0.15, -0.1) is 0 Å². The smallest absolute Gasteiger partial charge is 0.239 e. The van der Waals surface area contributed by atoms with Crippen LogP contribution in [0.15, 0.2) is 12.1 Å². The van der Waals surface area contributed by atoms with Crippen molar-refractivity contribution < 1.29 is 9.53 Å². The van der Waals surface area contributed by atoms with Crippen LogP contribution in [0.3, 0.4) is 0 Å². The second-order valence-corrected chi connectivity index (χ2v) is 6.83. The second-order valence-electron chi connectivity index (χ2n) is 6.42. The highest BCUT2D eigenvalue weighted by Crippen LogP contribution is 2.44. The molecule has 1 amide bonds. The Morgan fingerprint density at radius 1 is 1.32 bits per heavy atom. The molecule has 22 heavy (non-hydrogen) atoms. The molecule has 0 atom stereocenters. The summed E-state index contributed by atoms with van der Waals surface area (Å²) in [6.45, 7) is 2.19. The van der Waals surface area contributed by atoms with Gasteiger partial charge in [0.05, 0.1) is 19.3 Å². The van der Waals surface area contributed by atoms with Crippen molar-refractivity contribution in [2.45, 2.75) is 38.6 Å². The Kier molecular flexibility index (Phi) is 4.48. The first kappa shape index (κ1) is 15.5. The summed E-state index contributed by atoms with van der Waals surface area (Å²) >= 11 is 6.09. The lowest BCUT2D eigenvalue weighted by Gasteiger charge is -2.18. The van der Waals surface area contributed by atoms with Crippen LogP contribution in [0.25, 0.3) is 0 Å². The summed E-state index contributed by atoms with van der Waals surface area (Å²) in [5.41, 5.74) is 1.76. The van der Waals surface area contributed by atoms with Crippen LogP contribution in [0.4, 0.5) is 5.69 Å². The monoisotopic (exact) mass is 322 g/mol. The lowest BCUT2D eigenvalue weighted by atomic mass is 10.1. The van der Waals surface area contributed by atoms with Gasteiger partial charge in [-0.1, -0.05) is 11.6 Å². The summed E-state index contributed by atoms with van der Waals surface area (Å²) in [4.78, 5) is 12.2. The first-order valence-electron chi connectivity index (χ1n) is 7.96. The molecule has 0 heterocycles. The predicted molar refractivity (Wildman–Crippen MR) is 88.6 cm³/mol. The number of benzene rings is 1. The molecule has 0 aromatic heterocycles. The molecule has 1 aromatic carbocycles. The normalized spacial score (nSPS) is 17.5. The van der Waals surface area contributed by atoms with E-state index in [1.165, 1.54) is 25.7 Å². The Balaban J connectivity index is 1.57. The minimum absolute atomic E-state index is 0.0541. The van der Waals surface area contributed by atoms with Gasteiger partial charge in [0.1, 0.15) is 5.75 Å². The number of aryl methyl sites for hydroxylation is 1. The third kappa shape index (κ3) is 3.67. The van der Waals surface area contributed by atoms with Crippen molar-refractivity contribution in [3.63, 3.8) is 0 Å². The van der Waals surface area contributed by atoms with Crippen molar-refractivity contribution in [1.29, 1.82) is 0 Å². The highest BCUT2D eigenvalue weighted by atomic mass is 35.5. The maximum atomic E-state index is 12.2. The second kappa shape index (κ2) is 6.37. The molecule has 4 nitrogen and oxygen atoms in total. The topological polar surface area (TPSA) is 50.4 Å². The maximum absolute atomic E-state index is 12.2. The average Bonchev–Trinajstić information content (AvgIpc) is 3.38. The third-order valence-electron chi connectivity index (χ3n) is 4.51. The number of rotatable bonds is 7. The molecule has 2 aliphatic rings. The molecular formula is C17H23ClN2O2. The van der Waals surface area contributed by atoms with Gasteiger partial charge in [-0.2, -0.15) is 0 Å². The predicted octanol–water partition coefficient (Wildman–Crippen LogP) is 3.37. The van der Waals surface area contributed by atoms with Crippen molar-refractivity contribution in [1.82, 2.24) is 5.32 Å². The van der Waals surface area contributed by atoms with E-state index < -0.39 is 0 Å². The third-order valence-corrected chi connectivity index (χ3v) is 4.91. The number of halogens is 1. The highest BCUT2D eigenvalue weighted by Gasteiger charge is 2.42. The van der Waals surface area contributed by atoms with Crippen LogP contribution < -0.4 is 15.4 Å². The number of amides is 1. The van der Waals surface area contributed by atoms with Gasteiger partial charge in [0.25, 0.3) is 0 Å². The molecule has 0 bridgehead atoms. The van der Waals surface area contributed by atoms with Gasteiger partial charge in [-0.05, 0) is 56.1 Å². The van der Waals surface area contributed by atoms with E-state index in [9.17, 15) is 4.79 Å². The Hall–Kier alpha value is -1.42. The van der Waals surface area contributed by atoms with Crippen LogP contribution in [0, 0.1) is 18.8 Å². The van der Waals surface area contributed by atoms with Crippen LogP contribution in [-0.4, -0.2) is 25.6 Å². The van der Waals surface area contributed by atoms with E-state index in [1.54, 1.807) is 13.2 Å². The van der Waals surface area contributed by atoms with E-state index in [2.05, 4.69) is 10.6 Å². The quantitative estimate of drug-likeness (QED) is 0.809. The number of methoxy groups -OCH3 is 1. The van der Waals surface area contributed by atoms with Gasteiger partial charge in [0, 0.05) is 17.1 Å². The number of carbonyl (C=O) groups is 1. The minimum Gasteiger partial charge on any atom is -0.495 e. The fourth-order valence-electron chi connectivity index (χ4n) is 2.91. The van der Waals surface area contributed by atoms with E-state index in [1.807, 2.05) is 13.0 Å². The van der Waals surface area contributed by atoms with Crippen molar-refractivity contribution in [3.05, 3.63) is 22.7 Å². The zero-order valence-corrected chi connectivity index (χ0v) is 13.9. The van der Waals surface area contributed by atoms with E-state index in [0.29, 0.717) is 28.6 Å². The summed E-state index contributed by atoms with van der Waals surface area (Å²) in [5, 5.41) is 7.03. The molecule has 2 fully saturated rings. The SMILES string of the molecule is COc1cc(Cl)c(C)cc1NCC(=O)NC(C1CC1)C1CC1. The summed E-state index contributed by atoms with van der Waals surface area (Å²) in [7, 11) is 1.60. The summed E-state index contributed by atoms with van der Waals surface area (Å²) < 4.78 is 5.31. The minimum atomic E-state index is 0.0541. The van der Waals surface area contributed by atoms with Crippen LogP contribution in [-0.2, 0) is 4.79 Å². The Bertz CT molecular complexity index is 556. The summed E-state index contributed by atoms with van der Waals surface area (Å²) in [5.74, 6) is 2.13. The first-order valence-corrected chi connectivity index (χ1v) is 8.33. The Labute approximate surface area is 136 Å². The van der Waals surface area contributed by atoms with Gasteiger partial charge in [-0.3, -0.25) is 4.79 Å². The number of carbonyl (C=O) groups excluding carboxylic acids is 1. The Morgan fingerprint density at radius 3 is 2.50 bits per heavy atom. The molecule has 0 aliphatic heterocycles. The molecule has 3 rings (SSSR count). The van der Waals surface area contributed by atoms with Gasteiger partial charge >= 0.3 is 0 Å². The summed E-state index contributed by atoms with van der Waals surface area (Å²) in [6, 6.07) is 4.07. The maximum Gasteiger partial charge on any atom is 0.239 e. The molecule has 2 N–H and O–H groups in total. The Morgan fingerprint density at radius 2 is 1.95 bits per heavy atom. The highest BCUT2D eigenvalue weighted by molar-refractivity contribution is 6.31. The number of ether oxygens (including phenoxy) is 1. The van der Waals surface area contributed by atoms with Crippen molar-refractivity contribution in [2.75, 3.05) is 19.0 Å². The number of hydrogen-bond acceptors (Lipinski definition) is 3. The molecule has 0 unspecified atom stereocenters. The molecule has 2 saturated carbocycles. The number of hydrogen-bond donors (Lipinski definition) is 2. The fourth-order valence-corrected chi connectivity index (χ4v) is 3.07. The fraction of sp³-hybridized carbons (Fsp3) is 0.588. The van der Waals surface area contributed by atoms with Crippen LogP contribution in [0.5, 0.6) is 5.75 Å². The molecule has 0 radical (unpaired) electrons. The van der Waals surface area contributed by atoms with Gasteiger partial charge < -0.3 is 15.4 Å². The van der Waals surface area contributed by atoms with Crippen LogP contribution in [0.1, 0.15) is 31.2 Å².